The van der Waals surface area contributed by atoms with Gasteiger partial charge in [0.15, 0.2) is 5.82 Å². The monoisotopic (exact) mass is 197 g/mol. The third-order valence-electron chi connectivity index (χ3n) is 1.72. The summed E-state index contributed by atoms with van der Waals surface area (Å²) in [4.78, 5) is 15.1. The SMILES string of the molecule is CCCC(=O)NCCc1noc(C)n1. The Balaban J connectivity index is 2.18. The summed E-state index contributed by atoms with van der Waals surface area (Å²) in [5.74, 6) is 1.27. The van der Waals surface area contributed by atoms with Crippen LogP contribution in [0.5, 0.6) is 0 Å². The first-order chi connectivity index (χ1) is 6.72. The summed E-state index contributed by atoms with van der Waals surface area (Å²) in [5, 5.41) is 6.50. The van der Waals surface area contributed by atoms with Gasteiger partial charge >= 0.3 is 0 Å². The normalized spacial score (nSPS) is 10.1. The topological polar surface area (TPSA) is 68.0 Å². The summed E-state index contributed by atoms with van der Waals surface area (Å²) in [6.07, 6.45) is 2.06. The lowest BCUT2D eigenvalue weighted by atomic mass is 10.3. The molecular weight excluding hydrogens is 182 g/mol. The van der Waals surface area contributed by atoms with Crippen LogP contribution >= 0.6 is 0 Å². The first-order valence-corrected chi connectivity index (χ1v) is 4.78. The number of aryl methyl sites for hydroxylation is 1. The highest BCUT2D eigenvalue weighted by molar-refractivity contribution is 5.75. The van der Waals surface area contributed by atoms with Crippen LogP contribution in [0.4, 0.5) is 0 Å². The van der Waals surface area contributed by atoms with Crippen molar-refractivity contribution in [3.05, 3.63) is 11.7 Å². The van der Waals surface area contributed by atoms with E-state index < -0.39 is 0 Å². The number of rotatable bonds is 5. The standard InChI is InChI=1S/C9H15N3O2/c1-3-4-9(13)10-6-5-8-11-7(2)14-12-8/h3-6H2,1-2H3,(H,10,13). The van der Waals surface area contributed by atoms with E-state index in [9.17, 15) is 4.79 Å². The van der Waals surface area contributed by atoms with Crippen molar-refractivity contribution in [2.45, 2.75) is 33.1 Å². The van der Waals surface area contributed by atoms with Gasteiger partial charge in [-0.2, -0.15) is 4.98 Å². The van der Waals surface area contributed by atoms with E-state index >= 15 is 0 Å². The predicted octanol–water partition coefficient (Wildman–Crippen LogP) is 0.837. The van der Waals surface area contributed by atoms with Gasteiger partial charge in [0.05, 0.1) is 0 Å². The van der Waals surface area contributed by atoms with Gasteiger partial charge in [-0.05, 0) is 6.42 Å². The molecule has 5 nitrogen and oxygen atoms in total. The van der Waals surface area contributed by atoms with Crippen molar-refractivity contribution in [2.24, 2.45) is 0 Å². The van der Waals surface area contributed by atoms with Crippen molar-refractivity contribution < 1.29 is 9.32 Å². The molecule has 0 aromatic carbocycles. The molecule has 0 fully saturated rings. The minimum atomic E-state index is 0.0766. The molecule has 1 aromatic heterocycles. The number of hydrogen-bond acceptors (Lipinski definition) is 4. The Labute approximate surface area is 82.9 Å². The molecule has 0 spiro atoms. The zero-order valence-corrected chi connectivity index (χ0v) is 8.54. The minimum Gasteiger partial charge on any atom is -0.356 e. The molecule has 5 heteroatoms. The van der Waals surface area contributed by atoms with E-state index in [0.717, 1.165) is 6.42 Å². The van der Waals surface area contributed by atoms with Gasteiger partial charge in [-0.15, -0.1) is 0 Å². The van der Waals surface area contributed by atoms with E-state index in [-0.39, 0.29) is 5.91 Å². The molecule has 0 saturated heterocycles. The largest absolute Gasteiger partial charge is 0.356 e. The Kier molecular flexibility index (Phi) is 4.10. The van der Waals surface area contributed by atoms with Crippen molar-refractivity contribution in [1.29, 1.82) is 0 Å². The molecule has 0 aliphatic rings. The second kappa shape index (κ2) is 5.36. The van der Waals surface area contributed by atoms with Crippen molar-refractivity contribution in [3.8, 4) is 0 Å². The number of hydrogen-bond donors (Lipinski definition) is 1. The number of carbonyl (C=O) groups is 1. The van der Waals surface area contributed by atoms with Gasteiger partial charge in [0.25, 0.3) is 0 Å². The van der Waals surface area contributed by atoms with E-state index in [1.165, 1.54) is 0 Å². The maximum Gasteiger partial charge on any atom is 0.223 e. The summed E-state index contributed by atoms with van der Waals surface area (Å²) < 4.78 is 4.80. The van der Waals surface area contributed by atoms with E-state index in [1.807, 2.05) is 6.92 Å². The van der Waals surface area contributed by atoms with Crippen LogP contribution in [-0.4, -0.2) is 22.6 Å². The number of aromatic nitrogens is 2. The maximum absolute atomic E-state index is 11.1. The maximum atomic E-state index is 11.1. The Morgan fingerprint density at radius 2 is 2.36 bits per heavy atom. The van der Waals surface area contributed by atoms with Crippen molar-refractivity contribution in [1.82, 2.24) is 15.5 Å². The third kappa shape index (κ3) is 3.55. The molecule has 1 rings (SSSR count). The van der Waals surface area contributed by atoms with Crippen LogP contribution in [0.2, 0.25) is 0 Å². The molecule has 0 aliphatic carbocycles. The molecule has 0 saturated carbocycles. The van der Waals surface area contributed by atoms with Crippen LogP contribution in [0, 0.1) is 6.92 Å². The lowest BCUT2D eigenvalue weighted by Gasteiger charge is -2.00. The second-order valence-corrected chi connectivity index (χ2v) is 3.08. The summed E-state index contributed by atoms with van der Waals surface area (Å²) >= 11 is 0. The number of amides is 1. The number of nitrogens with zero attached hydrogens (tertiary/aromatic N) is 2. The van der Waals surface area contributed by atoms with Crippen LogP contribution in [0.3, 0.4) is 0 Å². The van der Waals surface area contributed by atoms with Crippen LogP contribution in [0.15, 0.2) is 4.52 Å². The highest BCUT2D eigenvalue weighted by atomic mass is 16.5. The lowest BCUT2D eigenvalue weighted by molar-refractivity contribution is -0.121. The Morgan fingerprint density at radius 3 is 2.93 bits per heavy atom. The Hall–Kier alpha value is -1.39. The molecule has 14 heavy (non-hydrogen) atoms. The fraction of sp³-hybridized carbons (Fsp3) is 0.667. The third-order valence-corrected chi connectivity index (χ3v) is 1.72. The number of nitrogens with one attached hydrogen (secondary N) is 1. The van der Waals surface area contributed by atoms with Gasteiger partial charge in [-0.3, -0.25) is 4.79 Å². The highest BCUT2D eigenvalue weighted by Crippen LogP contribution is 1.95. The van der Waals surface area contributed by atoms with Gasteiger partial charge in [-0.1, -0.05) is 12.1 Å². The first-order valence-electron chi connectivity index (χ1n) is 4.78. The van der Waals surface area contributed by atoms with E-state index in [4.69, 9.17) is 4.52 Å². The average Bonchev–Trinajstić information content (AvgIpc) is 2.52. The summed E-state index contributed by atoms with van der Waals surface area (Å²) in [5.41, 5.74) is 0. The van der Waals surface area contributed by atoms with E-state index in [1.54, 1.807) is 6.92 Å². The first kappa shape index (κ1) is 10.7. The summed E-state index contributed by atoms with van der Waals surface area (Å²) in [7, 11) is 0. The summed E-state index contributed by atoms with van der Waals surface area (Å²) in [6, 6.07) is 0. The van der Waals surface area contributed by atoms with Gasteiger partial charge in [0.2, 0.25) is 11.8 Å². The van der Waals surface area contributed by atoms with E-state index in [2.05, 4.69) is 15.5 Å². The molecule has 1 amide bonds. The van der Waals surface area contributed by atoms with Crippen molar-refractivity contribution >= 4 is 5.91 Å². The minimum absolute atomic E-state index is 0.0766. The summed E-state index contributed by atoms with van der Waals surface area (Å²) in [6.45, 7) is 4.28. The van der Waals surface area contributed by atoms with Crippen LogP contribution in [-0.2, 0) is 11.2 Å². The Bertz CT molecular complexity index is 296. The van der Waals surface area contributed by atoms with Gasteiger partial charge in [0, 0.05) is 26.3 Å². The molecule has 0 aliphatic heterocycles. The zero-order chi connectivity index (χ0) is 10.4. The van der Waals surface area contributed by atoms with Crippen molar-refractivity contribution in [2.75, 3.05) is 6.54 Å². The molecule has 1 heterocycles. The molecule has 1 aromatic rings. The molecule has 0 radical (unpaired) electrons. The number of carbonyl (C=O) groups excluding carboxylic acids is 1. The van der Waals surface area contributed by atoms with Crippen molar-refractivity contribution in [3.63, 3.8) is 0 Å². The van der Waals surface area contributed by atoms with Crippen LogP contribution in [0.25, 0.3) is 0 Å². The highest BCUT2D eigenvalue weighted by Gasteiger charge is 2.03. The quantitative estimate of drug-likeness (QED) is 0.759. The Morgan fingerprint density at radius 1 is 1.57 bits per heavy atom. The molecular formula is C9H15N3O2. The fourth-order valence-electron chi connectivity index (χ4n) is 1.07. The van der Waals surface area contributed by atoms with Gasteiger partial charge < -0.3 is 9.84 Å². The van der Waals surface area contributed by atoms with Crippen LogP contribution < -0.4 is 5.32 Å². The molecule has 0 unspecified atom stereocenters. The predicted molar refractivity (Wildman–Crippen MR) is 50.7 cm³/mol. The average molecular weight is 197 g/mol. The molecule has 0 bridgehead atoms. The van der Waals surface area contributed by atoms with Gasteiger partial charge in [-0.25, -0.2) is 0 Å². The van der Waals surface area contributed by atoms with E-state index in [0.29, 0.717) is 31.1 Å². The smallest absolute Gasteiger partial charge is 0.223 e. The van der Waals surface area contributed by atoms with Gasteiger partial charge in [0.1, 0.15) is 0 Å². The molecule has 0 atom stereocenters. The second-order valence-electron chi connectivity index (χ2n) is 3.08. The molecule has 78 valence electrons. The molecule has 1 N–H and O–H groups in total. The lowest BCUT2D eigenvalue weighted by Crippen LogP contribution is -2.25. The van der Waals surface area contributed by atoms with Crippen LogP contribution in [0.1, 0.15) is 31.5 Å². The zero-order valence-electron chi connectivity index (χ0n) is 8.54. The fourth-order valence-corrected chi connectivity index (χ4v) is 1.07.